The van der Waals surface area contributed by atoms with Crippen molar-refractivity contribution in [2.75, 3.05) is 19.6 Å². The maximum atomic E-state index is 12.6. The second kappa shape index (κ2) is 7.27. The molecule has 4 nitrogen and oxygen atoms in total. The van der Waals surface area contributed by atoms with Gasteiger partial charge in [-0.2, -0.15) is 0 Å². The molecule has 2 heterocycles. The summed E-state index contributed by atoms with van der Waals surface area (Å²) in [7, 11) is 0. The number of carbonyl (C=O) groups excluding carboxylic acids is 2. The minimum Gasteiger partial charge on any atom is -0.343 e. The summed E-state index contributed by atoms with van der Waals surface area (Å²) in [5.41, 5.74) is 0. The fourth-order valence-electron chi connectivity index (χ4n) is 2.67. The van der Waals surface area contributed by atoms with Crippen LogP contribution in [0.25, 0.3) is 0 Å². The number of nitrogens with zero attached hydrogens (tertiary/aromatic N) is 2. The van der Waals surface area contributed by atoms with Crippen molar-refractivity contribution in [3.63, 3.8) is 0 Å². The Hall–Kier alpha value is -1.07. The van der Waals surface area contributed by atoms with Crippen molar-refractivity contribution in [3.05, 3.63) is 21.3 Å². The third kappa shape index (κ3) is 4.20. The average molecular weight is 329 g/mol. The molecule has 0 aliphatic carbocycles. The van der Waals surface area contributed by atoms with Crippen molar-refractivity contribution < 1.29 is 9.59 Å². The molecule has 0 bridgehead atoms. The summed E-state index contributed by atoms with van der Waals surface area (Å²) in [6.07, 6.45) is 1.53. The van der Waals surface area contributed by atoms with E-state index >= 15 is 0 Å². The highest BCUT2D eigenvalue weighted by molar-refractivity contribution is 7.16. The molecule has 2 rings (SSSR count). The summed E-state index contributed by atoms with van der Waals surface area (Å²) >= 11 is 7.46. The standard InChI is InChI=1S/C15H21ClN2O2S/c1-3-17(10-13-4-5-14(16)21-13)15(20)12-6-8-18(9-7-12)11(2)19/h4-5,12H,3,6-10H2,1-2H3. The molecule has 1 aliphatic rings. The maximum Gasteiger partial charge on any atom is 0.226 e. The van der Waals surface area contributed by atoms with Crippen LogP contribution in [-0.2, 0) is 16.1 Å². The Labute approximate surface area is 134 Å². The van der Waals surface area contributed by atoms with Crippen molar-refractivity contribution in [2.45, 2.75) is 33.2 Å². The molecule has 2 amide bonds. The van der Waals surface area contributed by atoms with Crippen molar-refractivity contribution in [1.82, 2.24) is 9.80 Å². The van der Waals surface area contributed by atoms with Gasteiger partial charge in [0.1, 0.15) is 0 Å². The molecule has 1 aromatic rings. The van der Waals surface area contributed by atoms with E-state index in [2.05, 4.69) is 0 Å². The lowest BCUT2D eigenvalue weighted by Crippen LogP contribution is -2.43. The van der Waals surface area contributed by atoms with E-state index in [1.807, 2.05) is 28.9 Å². The van der Waals surface area contributed by atoms with E-state index in [4.69, 9.17) is 11.6 Å². The smallest absolute Gasteiger partial charge is 0.226 e. The van der Waals surface area contributed by atoms with E-state index in [0.717, 1.165) is 22.1 Å². The first-order valence-corrected chi connectivity index (χ1v) is 8.49. The highest BCUT2D eigenvalue weighted by Crippen LogP contribution is 2.25. The van der Waals surface area contributed by atoms with Crippen LogP contribution in [0.4, 0.5) is 0 Å². The molecule has 1 fully saturated rings. The van der Waals surface area contributed by atoms with Crippen LogP contribution in [0, 0.1) is 5.92 Å². The zero-order chi connectivity index (χ0) is 15.4. The quantitative estimate of drug-likeness (QED) is 0.852. The van der Waals surface area contributed by atoms with Crippen molar-refractivity contribution >= 4 is 34.8 Å². The summed E-state index contributed by atoms with van der Waals surface area (Å²) in [5.74, 6) is 0.336. The van der Waals surface area contributed by atoms with E-state index in [-0.39, 0.29) is 17.7 Å². The van der Waals surface area contributed by atoms with Gasteiger partial charge in [-0.3, -0.25) is 9.59 Å². The third-order valence-corrected chi connectivity index (χ3v) is 5.17. The first kappa shape index (κ1) is 16.3. The molecule has 0 N–H and O–H groups in total. The van der Waals surface area contributed by atoms with Gasteiger partial charge in [-0.25, -0.2) is 0 Å². The lowest BCUT2D eigenvalue weighted by molar-refractivity contribution is -0.140. The number of hydrogen-bond donors (Lipinski definition) is 0. The van der Waals surface area contributed by atoms with Crippen LogP contribution in [0.2, 0.25) is 4.34 Å². The molecule has 1 saturated heterocycles. The van der Waals surface area contributed by atoms with Gasteiger partial charge < -0.3 is 9.80 Å². The molecule has 1 aliphatic heterocycles. The van der Waals surface area contributed by atoms with E-state index < -0.39 is 0 Å². The number of carbonyl (C=O) groups is 2. The van der Waals surface area contributed by atoms with Gasteiger partial charge in [-0.05, 0) is 31.9 Å². The molecule has 6 heteroatoms. The van der Waals surface area contributed by atoms with Gasteiger partial charge in [-0.1, -0.05) is 11.6 Å². The van der Waals surface area contributed by atoms with Crippen LogP contribution in [0.15, 0.2) is 12.1 Å². The number of halogens is 1. The lowest BCUT2D eigenvalue weighted by Gasteiger charge is -2.33. The predicted molar refractivity (Wildman–Crippen MR) is 85.4 cm³/mol. The molecular formula is C15H21ClN2O2S. The average Bonchev–Trinajstić information content (AvgIpc) is 2.89. The molecule has 116 valence electrons. The minimum atomic E-state index is 0.0379. The number of hydrogen-bond acceptors (Lipinski definition) is 3. The first-order chi connectivity index (χ1) is 10.0. The number of amides is 2. The van der Waals surface area contributed by atoms with Crippen LogP contribution in [0.1, 0.15) is 31.6 Å². The predicted octanol–water partition coefficient (Wildman–Crippen LogP) is 3.01. The van der Waals surface area contributed by atoms with Gasteiger partial charge in [0, 0.05) is 37.4 Å². The zero-order valence-corrected chi connectivity index (χ0v) is 14.0. The van der Waals surface area contributed by atoms with Crippen LogP contribution < -0.4 is 0 Å². The van der Waals surface area contributed by atoms with Gasteiger partial charge in [-0.15, -0.1) is 11.3 Å². The second-order valence-electron chi connectivity index (χ2n) is 5.34. The van der Waals surface area contributed by atoms with E-state index in [1.165, 1.54) is 11.3 Å². The Morgan fingerprint density at radius 2 is 2.05 bits per heavy atom. The minimum absolute atomic E-state index is 0.0379. The van der Waals surface area contributed by atoms with E-state index in [0.29, 0.717) is 26.2 Å². The molecule has 0 aromatic carbocycles. The van der Waals surface area contributed by atoms with Gasteiger partial charge in [0.2, 0.25) is 11.8 Å². The Bertz CT molecular complexity index is 510. The van der Waals surface area contributed by atoms with Gasteiger partial charge >= 0.3 is 0 Å². The maximum absolute atomic E-state index is 12.6. The molecule has 1 aromatic heterocycles. The molecule has 0 spiro atoms. The van der Waals surface area contributed by atoms with Gasteiger partial charge in [0.15, 0.2) is 0 Å². The Morgan fingerprint density at radius 3 is 2.52 bits per heavy atom. The molecule has 0 saturated carbocycles. The van der Waals surface area contributed by atoms with Gasteiger partial charge in [0.05, 0.1) is 10.9 Å². The largest absolute Gasteiger partial charge is 0.343 e. The Morgan fingerprint density at radius 1 is 1.38 bits per heavy atom. The zero-order valence-electron chi connectivity index (χ0n) is 12.5. The number of rotatable bonds is 4. The molecule has 21 heavy (non-hydrogen) atoms. The van der Waals surface area contributed by atoms with Crippen molar-refractivity contribution in [3.8, 4) is 0 Å². The monoisotopic (exact) mass is 328 g/mol. The molecule has 0 radical (unpaired) electrons. The number of likely N-dealkylation sites (tertiary alicyclic amines) is 1. The third-order valence-electron chi connectivity index (χ3n) is 3.96. The van der Waals surface area contributed by atoms with E-state index in [9.17, 15) is 9.59 Å². The summed E-state index contributed by atoms with van der Waals surface area (Å²) in [4.78, 5) is 28.8. The van der Waals surface area contributed by atoms with Crippen molar-refractivity contribution in [1.29, 1.82) is 0 Å². The number of thiophene rings is 1. The highest BCUT2D eigenvalue weighted by Gasteiger charge is 2.28. The lowest BCUT2D eigenvalue weighted by atomic mass is 9.95. The van der Waals surface area contributed by atoms with Crippen LogP contribution in [0.3, 0.4) is 0 Å². The van der Waals surface area contributed by atoms with Crippen LogP contribution in [-0.4, -0.2) is 41.2 Å². The SMILES string of the molecule is CCN(Cc1ccc(Cl)s1)C(=O)C1CCN(C(C)=O)CC1. The molecular weight excluding hydrogens is 308 g/mol. The van der Waals surface area contributed by atoms with Crippen LogP contribution >= 0.6 is 22.9 Å². The first-order valence-electron chi connectivity index (χ1n) is 7.29. The van der Waals surface area contributed by atoms with E-state index in [1.54, 1.807) is 6.92 Å². The summed E-state index contributed by atoms with van der Waals surface area (Å²) in [6.45, 7) is 6.28. The fourth-order valence-corrected chi connectivity index (χ4v) is 3.77. The summed E-state index contributed by atoms with van der Waals surface area (Å²) < 4.78 is 0.753. The fraction of sp³-hybridized carbons (Fsp3) is 0.600. The summed E-state index contributed by atoms with van der Waals surface area (Å²) in [6, 6.07) is 3.84. The molecule has 0 unspecified atom stereocenters. The second-order valence-corrected chi connectivity index (χ2v) is 7.14. The summed E-state index contributed by atoms with van der Waals surface area (Å²) in [5, 5.41) is 0. The highest BCUT2D eigenvalue weighted by atomic mass is 35.5. The van der Waals surface area contributed by atoms with Crippen LogP contribution in [0.5, 0.6) is 0 Å². The van der Waals surface area contributed by atoms with Crippen molar-refractivity contribution in [2.24, 2.45) is 5.92 Å². The topological polar surface area (TPSA) is 40.6 Å². The Kier molecular flexibility index (Phi) is 5.65. The molecule has 0 atom stereocenters. The Balaban J connectivity index is 1.93. The van der Waals surface area contributed by atoms with Gasteiger partial charge in [0.25, 0.3) is 0 Å². The normalized spacial score (nSPS) is 16.0. The number of piperidine rings is 1.